The Labute approximate surface area is 151 Å². The molecule has 1 aliphatic heterocycles. The van der Waals surface area contributed by atoms with Gasteiger partial charge in [-0.2, -0.15) is 0 Å². The molecule has 0 spiro atoms. The van der Waals surface area contributed by atoms with Gasteiger partial charge in [0.2, 0.25) is 0 Å². The first-order chi connectivity index (χ1) is 12.6. The van der Waals surface area contributed by atoms with Gasteiger partial charge in [-0.05, 0) is 38.8 Å². The molecule has 7 nitrogen and oxygen atoms in total. The smallest absolute Gasteiger partial charge is 0.289 e. The topological polar surface area (TPSA) is 85.3 Å². The first kappa shape index (κ1) is 16.5. The fraction of sp³-hybridized carbons (Fsp3) is 0.368. The summed E-state index contributed by atoms with van der Waals surface area (Å²) in [5.41, 5.74) is 2.56. The number of hydrogen-bond donors (Lipinski definition) is 0. The Morgan fingerprint density at radius 3 is 2.96 bits per heavy atom. The molecule has 1 saturated heterocycles. The number of amides is 1. The van der Waals surface area contributed by atoms with Crippen molar-refractivity contribution in [3.8, 4) is 11.3 Å². The summed E-state index contributed by atoms with van der Waals surface area (Å²) in [6.45, 7) is 5.06. The molecule has 0 unspecified atom stereocenters. The fourth-order valence-corrected chi connectivity index (χ4v) is 3.42. The second-order valence-electron chi connectivity index (χ2n) is 6.62. The maximum Gasteiger partial charge on any atom is 0.289 e. The predicted molar refractivity (Wildman–Crippen MR) is 93.6 cm³/mol. The van der Waals surface area contributed by atoms with Gasteiger partial charge in [0.05, 0.1) is 23.2 Å². The minimum atomic E-state index is -0.0810. The van der Waals surface area contributed by atoms with E-state index in [9.17, 15) is 4.79 Å². The van der Waals surface area contributed by atoms with Gasteiger partial charge in [-0.15, -0.1) is 0 Å². The van der Waals surface area contributed by atoms with E-state index in [-0.39, 0.29) is 11.8 Å². The number of hydrogen-bond acceptors (Lipinski definition) is 6. The molecule has 0 radical (unpaired) electrons. The maximum atomic E-state index is 12.6. The Bertz CT molecular complexity index is 917. The van der Waals surface area contributed by atoms with Crippen LogP contribution >= 0.6 is 0 Å². The third-order valence-electron chi connectivity index (χ3n) is 4.66. The minimum Gasteiger partial charge on any atom is -0.459 e. The first-order valence-electron chi connectivity index (χ1n) is 8.72. The van der Waals surface area contributed by atoms with E-state index in [0.29, 0.717) is 23.9 Å². The van der Waals surface area contributed by atoms with Crippen LogP contribution in [0.15, 0.2) is 39.6 Å². The Morgan fingerprint density at radius 1 is 1.35 bits per heavy atom. The molecule has 0 aromatic carbocycles. The van der Waals surface area contributed by atoms with Crippen LogP contribution in [0.3, 0.4) is 0 Å². The van der Waals surface area contributed by atoms with E-state index < -0.39 is 0 Å². The predicted octanol–water partition coefficient (Wildman–Crippen LogP) is 3.36. The zero-order chi connectivity index (χ0) is 18.1. The molecular weight excluding hydrogens is 332 g/mol. The monoisotopic (exact) mass is 352 g/mol. The highest BCUT2D eigenvalue weighted by Gasteiger charge is 2.30. The van der Waals surface area contributed by atoms with Gasteiger partial charge < -0.3 is 13.8 Å². The SMILES string of the molecule is Cc1cc(-c2cnc(C)nc2[C@H]2CCCN(C(=O)c3ccco3)C2)on1. The summed E-state index contributed by atoms with van der Waals surface area (Å²) in [6, 6.07) is 5.31. The summed E-state index contributed by atoms with van der Waals surface area (Å²) >= 11 is 0. The highest BCUT2D eigenvalue weighted by Crippen LogP contribution is 2.33. The number of furan rings is 1. The normalized spacial score (nSPS) is 17.5. The number of piperidine rings is 1. The van der Waals surface area contributed by atoms with Crippen molar-refractivity contribution in [3.63, 3.8) is 0 Å². The molecule has 4 heterocycles. The number of likely N-dealkylation sites (tertiary alicyclic amines) is 1. The van der Waals surface area contributed by atoms with E-state index in [1.54, 1.807) is 18.3 Å². The average molecular weight is 352 g/mol. The van der Waals surface area contributed by atoms with Crippen molar-refractivity contribution in [3.05, 3.63) is 53.6 Å². The van der Waals surface area contributed by atoms with E-state index in [1.165, 1.54) is 6.26 Å². The third-order valence-corrected chi connectivity index (χ3v) is 4.66. The number of carbonyl (C=O) groups excluding carboxylic acids is 1. The Morgan fingerprint density at radius 2 is 2.23 bits per heavy atom. The van der Waals surface area contributed by atoms with E-state index >= 15 is 0 Å². The number of carbonyl (C=O) groups is 1. The van der Waals surface area contributed by atoms with Crippen LogP contribution in [0.2, 0.25) is 0 Å². The lowest BCUT2D eigenvalue weighted by molar-refractivity contribution is 0.0673. The van der Waals surface area contributed by atoms with Crippen molar-refractivity contribution in [2.45, 2.75) is 32.6 Å². The van der Waals surface area contributed by atoms with Gasteiger partial charge in [-0.3, -0.25) is 4.79 Å². The van der Waals surface area contributed by atoms with E-state index in [0.717, 1.165) is 36.3 Å². The van der Waals surface area contributed by atoms with E-state index in [4.69, 9.17) is 8.94 Å². The molecule has 0 aliphatic carbocycles. The Hall–Kier alpha value is -2.96. The van der Waals surface area contributed by atoms with Crippen LogP contribution in [0.25, 0.3) is 11.3 Å². The highest BCUT2D eigenvalue weighted by molar-refractivity contribution is 5.91. The lowest BCUT2D eigenvalue weighted by atomic mass is 9.91. The van der Waals surface area contributed by atoms with Crippen molar-refractivity contribution in [1.82, 2.24) is 20.0 Å². The minimum absolute atomic E-state index is 0.0810. The molecule has 134 valence electrons. The molecule has 0 N–H and O–H groups in total. The van der Waals surface area contributed by atoms with Gasteiger partial charge in [0.1, 0.15) is 5.82 Å². The van der Waals surface area contributed by atoms with Gasteiger partial charge in [0.25, 0.3) is 5.91 Å². The summed E-state index contributed by atoms with van der Waals surface area (Å²) in [4.78, 5) is 23.5. The molecule has 3 aromatic heterocycles. The third kappa shape index (κ3) is 3.12. The van der Waals surface area contributed by atoms with Crippen LogP contribution in [0.1, 0.15) is 46.5 Å². The molecule has 3 aromatic rings. The van der Waals surface area contributed by atoms with Crippen LogP contribution in [0.5, 0.6) is 0 Å². The van der Waals surface area contributed by atoms with Crippen LogP contribution in [0.4, 0.5) is 0 Å². The first-order valence-corrected chi connectivity index (χ1v) is 8.72. The van der Waals surface area contributed by atoms with Crippen molar-refractivity contribution in [1.29, 1.82) is 0 Å². The molecule has 7 heteroatoms. The van der Waals surface area contributed by atoms with Crippen molar-refractivity contribution >= 4 is 5.91 Å². The maximum absolute atomic E-state index is 12.6. The largest absolute Gasteiger partial charge is 0.459 e. The summed E-state index contributed by atoms with van der Waals surface area (Å²) in [5, 5.41) is 3.97. The lowest BCUT2D eigenvalue weighted by Crippen LogP contribution is -2.39. The zero-order valence-electron chi connectivity index (χ0n) is 14.8. The Balaban J connectivity index is 1.64. The number of aryl methyl sites for hydroxylation is 2. The van der Waals surface area contributed by atoms with Gasteiger partial charge in [0, 0.05) is 31.3 Å². The van der Waals surface area contributed by atoms with Crippen LogP contribution in [-0.2, 0) is 0 Å². The summed E-state index contributed by atoms with van der Waals surface area (Å²) < 4.78 is 10.7. The van der Waals surface area contributed by atoms with Crippen LogP contribution in [-0.4, -0.2) is 39.0 Å². The lowest BCUT2D eigenvalue weighted by Gasteiger charge is -2.32. The molecule has 0 bridgehead atoms. The summed E-state index contributed by atoms with van der Waals surface area (Å²) in [5.74, 6) is 1.77. The average Bonchev–Trinajstić information content (AvgIpc) is 3.33. The zero-order valence-corrected chi connectivity index (χ0v) is 14.8. The second-order valence-corrected chi connectivity index (χ2v) is 6.62. The van der Waals surface area contributed by atoms with Crippen LogP contribution < -0.4 is 0 Å². The van der Waals surface area contributed by atoms with Gasteiger partial charge >= 0.3 is 0 Å². The van der Waals surface area contributed by atoms with Gasteiger partial charge in [-0.25, -0.2) is 9.97 Å². The van der Waals surface area contributed by atoms with E-state index in [1.807, 2.05) is 24.8 Å². The van der Waals surface area contributed by atoms with Gasteiger partial charge in [-0.1, -0.05) is 5.16 Å². The molecule has 1 aliphatic rings. The van der Waals surface area contributed by atoms with E-state index in [2.05, 4.69) is 15.1 Å². The molecule has 1 amide bonds. The number of rotatable bonds is 3. The highest BCUT2D eigenvalue weighted by atomic mass is 16.5. The number of nitrogens with zero attached hydrogens (tertiary/aromatic N) is 4. The quantitative estimate of drug-likeness (QED) is 0.718. The molecule has 0 saturated carbocycles. The van der Waals surface area contributed by atoms with Crippen LogP contribution in [0, 0.1) is 13.8 Å². The number of aromatic nitrogens is 3. The standard InChI is InChI=1S/C19H20N4O3/c1-12-9-17(26-22-12)15-10-20-13(2)21-18(15)14-5-3-7-23(11-14)19(24)16-6-4-8-25-16/h4,6,8-10,14H,3,5,7,11H2,1-2H3/t14-/m0/s1. The van der Waals surface area contributed by atoms with Crippen molar-refractivity contribution < 1.29 is 13.7 Å². The Kier molecular flexibility index (Phi) is 4.28. The summed E-state index contributed by atoms with van der Waals surface area (Å²) in [7, 11) is 0. The van der Waals surface area contributed by atoms with Crippen molar-refractivity contribution in [2.24, 2.45) is 0 Å². The summed E-state index contributed by atoms with van der Waals surface area (Å²) in [6.07, 6.45) is 5.17. The molecule has 4 rings (SSSR count). The molecule has 26 heavy (non-hydrogen) atoms. The fourth-order valence-electron chi connectivity index (χ4n) is 3.42. The molecule has 1 atom stereocenters. The molecule has 1 fully saturated rings. The molecular formula is C19H20N4O3. The van der Waals surface area contributed by atoms with Crippen molar-refractivity contribution in [2.75, 3.05) is 13.1 Å². The second kappa shape index (κ2) is 6.74. The van der Waals surface area contributed by atoms with Gasteiger partial charge in [0.15, 0.2) is 11.5 Å².